The Morgan fingerprint density at radius 1 is 1.44 bits per heavy atom. The molecule has 0 aliphatic carbocycles. The van der Waals surface area contributed by atoms with Crippen LogP contribution in [0.5, 0.6) is 0 Å². The average Bonchev–Trinajstić information content (AvgIpc) is 2.55. The van der Waals surface area contributed by atoms with Crippen LogP contribution in [0.25, 0.3) is 0 Å². The summed E-state index contributed by atoms with van der Waals surface area (Å²) in [6, 6.07) is 4.32. The highest BCUT2D eigenvalue weighted by atomic mass is 35.5. The third-order valence-electron chi connectivity index (χ3n) is 2.79. The van der Waals surface area contributed by atoms with Crippen molar-refractivity contribution in [1.82, 2.24) is 15.6 Å². The summed E-state index contributed by atoms with van der Waals surface area (Å²) in [5.74, 6) is -0.512. The second-order valence-corrected chi connectivity index (χ2v) is 4.55. The number of nitrogens with one attached hydrogen (secondary N) is 2. The molecule has 2 rings (SSSR count). The van der Waals surface area contributed by atoms with Gasteiger partial charge in [-0.15, -0.1) is 0 Å². The van der Waals surface area contributed by atoms with Gasteiger partial charge in [0.15, 0.2) is 0 Å². The highest BCUT2D eigenvalue weighted by Crippen LogP contribution is 2.08. The van der Waals surface area contributed by atoms with E-state index in [2.05, 4.69) is 15.6 Å². The van der Waals surface area contributed by atoms with Crippen molar-refractivity contribution in [3.8, 4) is 0 Å². The Balaban J connectivity index is 2.04. The molecule has 2 N–H and O–H groups in total. The van der Waals surface area contributed by atoms with E-state index in [9.17, 15) is 9.59 Å². The van der Waals surface area contributed by atoms with Gasteiger partial charge >= 0.3 is 0 Å². The molecule has 2 heterocycles. The largest absolute Gasteiger partial charge is 0.354 e. The van der Waals surface area contributed by atoms with Crippen molar-refractivity contribution in [2.24, 2.45) is 0 Å². The van der Waals surface area contributed by atoms with Crippen LogP contribution in [0, 0.1) is 0 Å². The van der Waals surface area contributed by atoms with Crippen molar-refractivity contribution in [2.75, 3.05) is 6.54 Å². The van der Waals surface area contributed by atoms with E-state index in [1.807, 2.05) is 0 Å². The van der Waals surface area contributed by atoms with E-state index >= 15 is 0 Å². The van der Waals surface area contributed by atoms with Gasteiger partial charge in [0.2, 0.25) is 5.91 Å². The van der Waals surface area contributed by atoms with Gasteiger partial charge in [0, 0.05) is 6.54 Å². The maximum absolute atomic E-state index is 11.9. The van der Waals surface area contributed by atoms with Crippen molar-refractivity contribution < 1.29 is 9.59 Å². The minimum Gasteiger partial charge on any atom is -0.354 e. The van der Waals surface area contributed by atoms with E-state index in [0.717, 1.165) is 12.8 Å². The second kappa shape index (κ2) is 5.82. The molecule has 1 aliphatic rings. The predicted octanol–water partition coefficient (Wildman–Crippen LogP) is 1.13. The summed E-state index contributed by atoms with van der Waals surface area (Å²) in [7, 11) is 0. The van der Waals surface area contributed by atoms with Gasteiger partial charge in [-0.3, -0.25) is 9.59 Å². The van der Waals surface area contributed by atoms with Crippen LogP contribution in [0.2, 0.25) is 5.15 Å². The number of hydrogen-bond acceptors (Lipinski definition) is 3. The van der Waals surface area contributed by atoms with Gasteiger partial charge in [0.05, 0.1) is 0 Å². The molecule has 1 aromatic heterocycles. The van der Waals surface area contributed by atoms with E-state index < -0.39 is 6.04 Å². The summed E-state index contributed by atoms with van der Waals surface area (Å²) in [5, 5.41) is 5.70. The monoisotopic (exact) mass is 267 g/mol. The van der Waals surface area contributed by atoms with Gasteiger partial charge in [0.1, 0.15) is 16.9 Å². The first-order valence-corrected chi connectivity index (χ1v) is 6.26. The normalized spacial score (nSPS) is 19.8. The SMILES string of the molecule is O=C(NC1CCCCNC1=O)c1cccc(Cl)n1. The maximum atomic E-state index is 11.9. The third-order valence-corrected chi connectivity index (χ3v) is 3.00. The molecule has 0 radical (unpaired) electrons. The molecule has 18 heavy (non-hydrogen) atoms. The van der Waals surface area contributed by atoms with Gasteiger partial charge < -0.3 is 10.6 Å². The molecule has 6 heteroatoms. The van der Waals surface area contributed by atoms with Crippen LogP contribution in [0.1, 0.15) is 29.8 Å². The lowest BCUT2D eigenvalue weighted by atomic mass is 10.1. The van der Waals surface area contributed by atoms with Gasteiger partial charge in [-0.1, -0.05) is 17.7 Å². The number of aromatic nitrogens is 1. The predicted molar refractivity (Wildman–Crippen MR) is 67.4 cm³/mol. The topological polar surface area (TPSA) is 71.1 Å². The fourth-order valence-electron chi connectivity index (χ4n) is 1.84. The third kappa shape index (κ3) is 3.20. The number of carbonyl (C=O) groups excluding carboxylic acids is 2. The Hall–Kier alpha value is -1.62. The number of rotatable bonds is 2. The summed E-state index contributed by atoms with van der Waals surface area (Å²) < 4.78 is 0. The summed E-state index contributed by atoms with van der Waals surface area (Å²) >= 11 is 5.72. The highest BCUT2D eigenvalue weighted by Gasteiger charge is 2.23. The number of hydrogen-bond donors (Lipinski definition) is 2. The van der Waals surface area contributed by atoms with E-state index in [-0.39, 0.29) is 22.7 Å². The molecule has 0 saturated carbocycles. The van der Waals surface area contributed by atoms with Crippen molar-refractivity contribution in [3.63, 3.8) is 0 Å². The molecule has 0 aromatic carbocycles. The molecule has 1 aromatic rings. The van der Waals surface area contributed by atoms with Crippen molar-refractivity contribution >= 4 is 23.4 Å². The molecule has 1 aliphatic heterocycles. The molecular weight excluding hydrogens is 254 g/mol. The van der Waals surface area contributed by atoms with E-state index in [1.165, 1.54) is 0 Å². The minimum atomic E-state index is -0.485. The summed E-state index contributed by atoms with van der Waals surface area (Å²) in [5.41, 5.74) is 0.222. The Morgan fingerprint density at radius 2 is 2.28 bits per heavy atom. The number of amides is 2. The van der Waals surface area contributed by atoms with Crippen LogP contribution in [0.3, 0.4) is 0 Å². The standard InChI is InChI=1S/C12H14ClN3O2/c13-10-6-3-5-9(15-10)12(18)16-8-4-1-2-7-14-11(8)17/h3,5-6,8H,1-2,4,7H2,(H,14,17)(H,16,18). The van der Waals surface area contributed by atoms with Crippen molar-refractivity contribution in [2.45, 2.75) is 25.3 Å². The molecule has 96 valence electrons. The van der Waals surface area contributed by atoms with E-state index in [1.54, 1.807) is 18.2 Å². The molecule has 1 unspecified atom stereocenters. The Kier molecular flexibility index (Phi) is 4.15. The lowest BCUT2D eigenvalue weighted by Crippen LogP contribution is -2.45. The fourth-order valence-corrected chi connectivity index (χ4v) is 2.01. The number of pyridine rings is 1. The maximum Gasteiger partial charge on any atom is 0.270 e. The minimum absolute atomic E-state index is 0.136. The van der Waals surface area contributed by atoms with Crippen LogP contribution >= 0.6 is 11.6 Å². The first-order chi connectivity index (χ1) is 8.66. The Bertz CT molecular complexity index is 464. The molecule has 1 atom stereocenters. The summed E-state index contributed by atoms with van der Waals surface area (Å²) in [4.78, 5) is 27.5. The van der Waals surface area contributed by atoms with Gasteiger partial charge in [0.25, 0.3) is 5.91 Å². The summed E-state index contributed by atoms with van der Waals surface area (Å²) in [6.45, 7) is 0.667. The number of nitrogens with zero attached hydrogens (tertiary/aromatic N) is 1. The van der Waals surface area contributed by atoms with Crippen LogP contribution in [0.4, 0.5) is 0 Å². The number of halogens is 1. The second-order valence-electron chi connectivity index (χ2n) is 4.16. The van der Waals surface area contributed by atoms with Crippen LogP contribution in [0.15, 0.2) is 18.2 Å². The summed E-state index contributed by atoms with van der Waals surface area (Å²) in [6.07, 6.45) is 2.50. The molecule has 2 amide bonds. The smallest absolute Gasteiger partial charge is 0.270 e. The molecular formula is C12H14ClN3O2. The van der Waals surface area contributed by atoms with E-state index in [0.29, 0.717) is 13.0 Å². The van der Waals surface area contributed by atoms with Crippen LogP contribution < -0.4 is 10.6 Å². The molecule has 5 nitrogen and oxygen atoms in total. The van der Waals surface area contributed by atoms with Gasteiger partial charge in [-0.25, -0.2) is 4.98 Å². The van der Waals surface area contributed by atoms with E-state index in [4.69, 9.17) is 11.6 Å². The zero-order chi connectivity index (χ0) is 13.0. The first-order valence-electron chi connectivity index (χ1n) is 5.88. The lowest BCUT2D eigenvalue weighted by molar-refractivity contribution is -0.122. The van der Waals surface area contributed by atoms with Gasteiger partial charge in [-0.2, -0.15) is 0 Å². The van der Waals surface area contributed by atoms with Crippen LogP contribution in [-0.2, 0) is 4.79 Å². The zero-order valence-electron chi connectivity index (χ0n) is 9.78. The Labute approximate surface area is 110 Å². The quantitative estimate of drug-likeness (QED) is 0.789. The molecule has 1 saturated heterocycles. The fraction of sp³-hybridized carbons (Fsp3) is 0.417. The van der Waals surface area contributed by atoms with Crippen molar-refractivity contribution in [3.05, 3.63) is 29.0 Å². The van der Waals surface area contributed by atoms with Gasteiger partial charge in [-0.05, 0) is 31.4 Å². The lowest BCUT2D eigenvalue weighted by Gasteiger charge is -2.14. The highest BCUT2D eigenvalue weighted by molar-refractivity contribution is 6.29. The molecule has 0 bridgehead atoms. The molecule has 1 fully saturated rings. The molecule has 0 spiro atoms. The first kappa shape index (κ1) is 12.8. The van der Waals surface area contributed by atoms with Crippen molar-refractivity contribution in [1.29, 1.82) is 0 Å². The average molecular weight is 268 g/mol. The zero-order valence-corrected chi connectivity index (χ0v) is 10.5. The Morgan fingerprint density at radius 3 is 3.06 bits per heavy atom. The number of carbonyl (C=O) groups is 2. The van der Waals surface area contributed by atoms with Crippen LogP contribution in [-0.4, -0.2) is 29.4 Å².